The number of carbonyl (C=O) groups excluding carboxylic acids is 1. The van der Waals surface area contributed by atoms with Gasteiger partial charge in [-0.05, 0) is 38.5 Å². The molecule has 0 radical (unpaired) electrons. The number of hydrogen-bond acceptors (Lipinski definition) is 5. The molecule has 3 aromatic rings. The smallest absolute Gasteiger partial charge is 0.390 e. The molecule has 6 nitrogen and oxygen atoms in total. The van der Waals surface area contributed by atoms with Crippen molar-refractivity contribution in [2.45, 2.75) is 38.5 Å². The van der Waals surface area contributed by atoms with Crippen molar-refractivity contribution in [2.24, 2.45) is 7.05 Å². The molecule has 1 aromatic carbocycles. The average Bonchev–Trinajstić information content (AvgIpc) is 3.11. The maximum absolute atomic E-state index is 12.9. The summed E-state index contributed by atoms with van der Waals surface area (Å²) in [6.07, 6.45) is -0.912. The molecule has 2 aromatic heterocycles. The van der Waals surface area contributed by atoms with Crippen LogP contribution in [0.3, 0.4) is 0 Å². The second-order valence-electron chi connectivity index (χ2n) is 7.68. The molecule has 0 saturated carbocycles. The Balaban J connectivity index is 2.02. The zero-order valence-electron chi connectivity index (χ0n) is 16.7. The van der Waals surface area contributed by atoms with E-state index in [4.69, 9.17) is 0 Å². The molecule has 158 valence electrons. The van der Waals surface area contributed by atoms with Gasteiger partial charge in [-0.3, -0.25) is 9.48 Å². The number of benzene rings is 1. The first-order chi connectivity index (χ1) is 13.9. The zero-order valence-corrected chi connectivity index (χ0v) is 16.7. The Bertz CT molecular complexity index is 1050. The van der Waals surface area contributed by atoms with E-state index in [1.165, 1.54) is 24.4 Å². The summed E-state index contributed by atoms with van der Waals surface area (Å²) in [5.41, 5.74) is -0.332. The average molecular weight is 418 g/mol. The van der Waals surface area contributed by atoms with Gasteiger partial charge in [0.15, 0.2) is 11.6 Å². The Morgan fingerprint density at radius 3 is 2.30 bits per heavy atom. The fraction of sp³-hybridized carbons (Fsp3) is 0.333. The molecule has 0 bridgehead atoms. The highest BCUT2D eigenvalue weighted by molar-refractivity contribution is 5.95. The van der Waals surface area contributed by atoms with Crippen LogP contribution in [0.15, 0.2) is 42.7 Å². The van der Waals surface area contributed by atoms with Crippen LogP contribution < -0.4 is 0 Å². The summed E-state index contributed by atoms with van der Waals surface area (Å²) >= 11 is 0. The van der Waals surface area contributed by atoms with E-state index in [1.807, 2.05) is 0 Å². The van der Waals surface area contributed by atoms with E-state index in [2.05, 4.69) is 15.1 Å². The molecule has 0 saturated heterocycles. The van der Waals surface area contributed by atoms with Gasteiger partial charge in [-0.15, -0.1) is 0 Å². The van der Waals surface area contributed by atoms with E-state index in [0.717, 1.165) is 12.1 Å². The van der Waals surface area contributed by atoms with E-state index >= 15 is 0 Å². The number of nitrogens with zero attached hydrogens (tertiary/aromatic N) is 4. The molecule has 9 heteroatoms. The molecule has 0 atom stereocenters. The monoisotopic (exact) mass is 418 g/mol. The highest BCUT2D eigenvalue weighted by Crippen LogP contribution is 2.31. The second-order valence-corrected chi connectivity index (χ2v) is 7.68. The van der Waals surface area contributed by atoms with Crippen molar-refractivity contribution in [3.05, 3.63) is 54.0 Å². The molecule has 2 heterocycles. The number of carbonyl (C=O) groups is 1. The molecule has 0 aliphatic rings. The quantitative estimate of drug-likeness (QED) is 0.604. The highest BCUT2D eigenvalue weighted by Gasteiger charge is 2.30. The van der Waals surface area contributed by atoms with Gasteiger partial charge >= 0.3 is 6.18 Å². The Hall–Kier alpha value is -3.07. The standard InChI is InChI=1S/C21H21F3N4O2/c1-20(2,30)9-8-18(29)17-10-16(13-4-6-15(7-5-13)21(22,23)24)26-19(27-17)14-11-25-28(3)12-14/h4-7,10-12,30H,8-9H2,1-3H3. The fourth-order valence-electron chi connectivity index (χ4n) is 2.78. The molecule has 0 aliphatic heterocycles. The topological polar surface area (TPSA) is 80.9 Å². The van der Waals surface area contributed by atoms with Crippen molar-refractivity contribution in [2.75, 3.05) is 0 Å². The normalized spacial score (nSPS) is 12.2. The Morgan fingerprint density at radius 2 is 1.77 bits per heavy atom. The summed E-state index contributed by atoms with van der Waals surface area (Å²) in [7, 11) is 1.72. The van der Waals surface area contributed by atoms with Crippen molar-refractivity contribution in [3.63, 3.8) is 0 Å². The molecule has 1 N–H and O–H groups in total. The van der Waals surface area contributed by atoms with Crippen molar-refractivity contribution in [3.8, 4) is 22.6 Å². The van der Waals surface area contributed by atoms with Crippen LogP contribution in [-0.2, 0) is 13.2 Å². The van der Waals surface area contributed by atoms with E-state index in [0.29, 0.717) is 16.8 Å². The number of aryl methyl sites for hydroxylation is 1. The first kappa shape index (κ1) is 21.6. The van der Waals surface area contributed by atoms with Crippen molar-refractivity contribution >= 4 is 5.78 Å². The highest BCUT2D eigenvalue weighted by atomic mass is 19.4. The summed E-state index contributed by atoms with van der Waals surface area (Å²) in [5, 5.41) is 14.0. The molecule has 0 aliphatic carbocycles. The van der Waals surface area contributed by atoms with Crippen LogP contribution in [-0.4, -0.2) is 36.2 Å². The molecule has 0 unspecified atom stereocenters. The van der Waals surface area contributed by atoms with Crippen LogP contribution in [0.2, 0.25) is 0 Å². The predicted octanol–water partition coefficient (Wildman–Crippen LogP) is 4.30. The van der Waals surface area contributed by atoms with Crippen LogP contribution in [0.5, 0.6) is 0 Å². The lowest BCUT2D eigenvalue weighted by Crippen LogP contribution is -2.20. The van der Waals surface area contributed by atoms with E-state index < -0.39 is 17.3 Å². The van der Waals surface area contributed by atoms with Crippen molar-refractivity contribution < 1.29 is 23.1 Å². The first-order valence-corrected chi connectivity index (χ1v) is 9.24. The third kappa shape index (κ3) is 5.29. The Morgan fingerprint density at radius 1 is 1.10 bits per heavy atom. The van der Waals surface area contributed by atoms with Crippen molar-refractivity contribution in [1.29, 1.82) is 0 Å². The summed E-state index contributed by atoms with van der Waals surface area (Å²) in [5.74, 6) is -0.0510. The molecule has 0 amide bonds. The minimum Gasteiger partial charge on any atom is -0.390 e. The van der Waals surface area contributed by atoms with Gasteiger partial charge in [0.25, 0.3) is 0 Å². The van der Waals surface area contributed by atoms with Crippen LogP contribution >= 0.6 is 0 Å². The lowest BCUT2D eigenvalue weighted by molar-refractivity contribution is -0.137. The van der Waals surface area contributed by atoms with Crippen molar-refractivity contribution in [1.82, 2.24) is 19.7 Å². The minimum atomic E-state index is -4.44. The van der Waals surface area contributed by atoms with Crippen LogP contribution in [0, 0.1) is 0 Å². The molecule has 0 fully saturated rings. The van der Waals surface area contributed by atoms with Crippen LogP contribution in [0.4, 0.5) is 13.2 Å². The van der Waals surface area contributed by atoms with Gasteiger partial charge in [-0.25, -0.2) is 9.97 Å². The number of alkyl halides is 3. The lowest BCUT2D eigenvalue weighted by atomic mass is 9.99. The third-order valence-electron chi connectivity index (χ3n) is 4.45. The summed E-state index contributed by atoms with van der Waals surface area (Å²) in [4.78, 5) is 21.4. The summed E-state index contributed by atoms with van der Waals surface area (Å²) in [6.45, 7) is 3.21. The largest absolute Gasteiger partial charge is 0.416 e. The molecular formula is C21H21F3N4O2. The molecule has 0 spiro atoms. The predicted molar refractivity (Wildman–Crippen MR) is 105 cm³/mol. The SMILES string of the molecule is Cn1cc(-c2nc(C(=O)CCC(C)(C)O)cc(-c3ccc(C(F)(F)F)cc3)n2)cn1. The first-order valence-electron chi connectivity index (χ1n) is 9.24. The minimum absolute atomic E-state index is 0.0689. The number of aromatic nitrogens is 4. The van der Waals surface area contributed by atoms with E-state index in [9.17, 15) is 23.1 Å². The second kappa shape index (κ2) is 7.98. The lowest BCUT2D eigenvalue weighted by Gasteiger charge is -2.16. The molecule has 3 rings (SSSR count). The third-order valence-corrected chi connectivity index (χ3v) is 4.45. The number of Topliss-reactive ketones (excluding diaryl/α,β-unsaturated/α-hetero) is 1. The number of ketones is 1. The number of rotatable bonds is 6. The number of aliphatic hydroxyl groups is 1. The van der Waals surface area contributed by atoms with Crippen LogP contribution in [0.25, 0.3) is 22.6 Å². The maximum Gasteiger partial charge on any atom is 0.416 e. The van der Waals surface area contributed by atoms with Gasteiger partial charge in [0.1, 0.15) is 5.69 Å². The molecular weight excluding hydrogens is 397 g/mol. The Labute approximate surface area is 171 Å². The van der Waals surface area contributed by atoms with Gasteiger partial charge in [0.2, 0.25) is 0 Å². The van der Waals surface area contributed by atoms with Gasteiger partial charge in [0, 0.05) is 25.2 Å². The number of halogens is 3. The zero-order chi connectivity index (χ0) is 22.1. The van der Waals surface area contributed by atoms with Crippen LogP contribution in [0.1, 0.15) is 42.7 Å². The van der Waals surface area contributed by atoms with Gasteiger partial charge in [-0.1, -0.05) is 12.1 Å². The summed E-state index contributed by atoms with van der Waals surface area (Å²) in [6, 6.07) is 6.01. The summed E-state index contributed by atoms with van der Waals surface area (Å²) < 4.78 is 40.1. The van der Waals surface area contributed by atoms with Gasteiger partial charge in [-0.2, -0.15) is 18.3 Å². The van der Waals surface area contributed by atoms with Gasteiger partial charge < -0.3 is 5.11 Å². The Kier molecular flexibility index (Phi) is 5.76. The van der Waals surface area contributed by atoms with E-state index in [1.54, 1.807) is 31.8 Å². The van der Waals surface area contributed by atoms with E-state index in [-0.39, 0.29) is 30.1 Å². The fourth-order valence-corrected chi connectivity index (χ4v) is 2.78. The van der Waals surface area contributed by atoms with Gasteiger partial charge in [0.05, 0.1) is 28.6 Å². The molecule has 30 heavy (non-hydrogen) atoms. The number of hydrogen-bond donors (Lipinski definition) is 1. The maximum atomic E-state index is 12.9.